The number of aromatic nitrogens is 3. The summed E-state index contributed by atoms with van der Waals surface area (Å²) in [6.07, 6.45) is -1.30. The van der Waals surface area contributed by atoms with E-state index in [-0.39, 0.29) is 24.1 Å². The molecule has 2 aromatic rings. The SMILES string of the molecule is Cn1cc(C(F)(F)F)nc1C1CCCN(C(=O)c2ccc(F)cn2)C1. The molecule has 3 heterocycles. The molecule has 1 saturated heterocycles. The minimum Gasteiger partial charge on any atom is -0.337 e. The molecule has 1 fully saturated rings. The van der Waals surface area contributed by atoms with E-state index < -0.39 is 17.7 Å². The summed E-state index contributed by atoms with van der Waals surface area (Å²) in [6.45, 7) is 0.727. The maximum atomic E-state index is 12.9. The Morgan fingerprint density at radius 1 is 1.32 bits per heavy atom. The van der Waals surface area contributed by atoms with Crippen molar-refractivity contribution in [1.82, 2.24) is 19.4 Å². The number of nitrogens with zero attached hydrogens (tertiary/aromatic N) is 4. The Kier molecular flexibility index (Phi) is 4.49. The van der Waals surface area contributed by atoms with E-state index in [0.29, 0.717) is 25.2 Å². The minimum absolute atomic E-state index is 0.109. The number of halogens is 4. The average molecular weight is 356 g/mol. The first-order valence-corrected chi connectivity index (χ1v) is 7.77. The van der Waals surface area contributed by atoms with E-state index in [1.165, 1.54) is 22.6 Å². The Labute approximate surface area is 141 Å². The molecule has 1 aliphatic heterocycles. The van der Waals surface area contributed by atoms with Gasteiger partial charge in [0.1, 0.15) is 17.3 Å². The van der Waals surface area contributed by atoms with Crippen LogP contribution in [0.25, 0.3) is 0 Å². The lowest BCUT2D eigenvalue weighted by Crippen LogP contribution is -2.40. The van der Waals surface area contributed by atoms with Crippen LogP contribution in [0.4, 0.5) is 17.6 Å². The highest BCUT2D eigenvalue weighted by molar-refractivity contribution is 5.92. The van der Waals surface area contributed by atoms with Gasteiger partial charge in [-0.3, -0.25) is 4.79 Å². The van der Waals surface area contributed by atoms with Crippen LogP contribution in [0.3, 0.4) is 0 Å². The number of likely N-dealkylation sites (tertiary alicyclic amines) is 1. The van der Waals surface area contributed by atoms with Crippen molar-refractivity contribution in [3.05, 3.63) is 47.6 Å². The standard InChI is InChI=1S/C16H16F4N4O/c1-23-9-13(16(18,19)20)22-14(23)10-3-2-6-24(8-10)15(25)12-5-4-11(17)7-21-12/h4-5,7,9-10H,2-3,6,8H2,1H3. The van der Waals surface area contributed by atoms with Gasteiger partial charge in [-0.15, -0.1) is 0 Å². The van der Waals surface area contributed by atoms with Gasteiger partial charge in [0.05, 0.1) is 6.20 Å². The third kappa shape index (κ3) is 3.64. The van der Waals surface area contributed by atoms with Crippen LogP contribution in [0.15, 0.2) is 24.5 Å². The van der Waals surface area contributed by atoms with Gasteiger partial charge in [-0.2, -0.15) is 13.2 Å². The summed E-state index contributed by atoms with van der Waals surface area (Å²) in [5, 5.41) is 0. The van der Waals surface area contributed by atoms with Gasteiger partial charge in [-0.25, -0.2) is 14.4 Å². The number of amides is 1. The molecule has 9 heteroatoms. The molecule has 0 bridgehead atoms. The Morgan fingerprint density at radius 3 is 2.68 bits per heavy atom. The molecule has 0 radical (unpaired) electrons. The summed E-state index contributed by atoms with van der Waals surface area (Å²) in [7, 11) is 1.51. The maximum Gasteiger partial charge on any atom is 0.434 e. The van der Waals surface area contributed by atoms with Crippen LogP contribution in [0.2, 0.25) is 0 Å². The largest absolute Gasteiger partial charge is 0.434 e. The number of pyridine rings is 1. The summed E-state index contributed by atoms with van der Waals surface area (Å²) < 4.78 is 52.8. The Morgan fingerprint density at radius 2 is 2.08 bits per heavy atom. The number of hydrogen-bond acceptors (Lipinski definition) is 3. The third-order valence-corrected chi connectivity index (χ3v) is 4.22. The fourth-order valence-corrected chi connectivity index (χ4v) is 3.03. The molecule has 2 aromatic heterocycles. The van der Waals surface area contributed by atoms with Crippen LogP contribution < -0.4 is 0 Å². The van der Waals surface area contributed by atoms with Crippen LogP contribution in [0, 0.1) is 5.82 Å². The van der Waals surface area contributed by atoms with Gasteiger partial charge >= 0.3 is 6.18 Å². The van der Waals surface area contributed by atoms with E-state index in [4.69, 9.17) is 0 Å². The number of aryl methyl sites for hydroxylation is 1. The molecule has 1 atom stereocenters. The van der Waals surface area contributed by atoms with Crippen LogP contribution in [-0.4, -0.2) is 38.4 Å². The van der Waals surface area contributed by atoms with Crippen molar-refractivity contribution >= 4 is 5.91 Å². The molecule has 0 aliphatic carbocycles. The first kappa shape index (κ1) is 17.4. The molecule has 25 heavy (non-hydrogen) atoms. The Bertz CT molecular complexity index is 769. The fraction of sp³-hybridized carbons (Fsp3) is 0.438. The van der Waals surface area contributed by atoms with Gasteiger partial charge in [-0.05, 0) is 25.0 Å². The third-order valence-electron chi connectivity index (χ3n) is 4.22. The monoisotopic (exact) mass is 356 g/mol. The number of carbonyl (C=O) groups is 1. The molecule has 134 valence electrons. The van der Waals surface area contributed by atoms with E-state index in [1.54, 1.807) is 0 Å². The second-order valence-corrected chi connectivity index (χ2v) is 6.04. The van der Waals surface area contributed by atoms with Crippen LogP contribution in [0.1, 0.15) is 40.8 Å². The Hall–Kier alpha value is -2.45. The van der Waals surface area contributed by atoms with E-state index >= 15 is 0 Å². The van der Waals surface area contributed by atoms with E-state index in [0.717, 1.165) is 18.5 Å². The smallest absolute Gasteiger partial charge is 0.337 e. The second-order valence-electron chi connectivity index (χ2n) is 6.04. The maximum absolute atomic E-state index is 12.9. The zero-order valence-corrected chi connectivity index (χ0v) is 13.4. The first-order chi connectivity index (χ1) is 11.8. The minimum atomic E-state index is -4.50. The lowest BCUT2D eigenvalue weighted by Gasteiger charge is -2.32. The van der Waals surface area contributed by atoms with Gasteiger partial charge in [0.25, 0.3) is 5.91 Å². The van der Waals surface area contributed by atoms with Crippen molar-refractivity contribution in [2.24, 2.45) is 7.05 Å². The molecule has 0 aromatic carbocycles. The number of alkyl halides is 3. The normalized spacial score (nSPS) is 18.4. The number of carbonyl (C=O) groups excluding carboxylic acids is 1. The zero-order chi connectivity index (χ0) is 18.2. The summed E-state index contributed by atoms with van der Waals surface area (Å²) in [4.78, 5) is 21.5. The van der Waals surface area contributed by atoms with Crippen molar-refractivity contribution in [2.45, 2.75) is 24.9 Å². The van der Waals surface area contributed by atoms with Crippen molar-refractivity contribution in [3.63, 3.8) is 0 Å². The summed E-state index contributed by atoms with van der Waals surface area (Å²) in [6, 6.07) is 2.44. The lowest BCUT2D eigenvalue weighted by atomic mass is 9.97. The van der Waals surface area contributed by atoms with Crippen molar-refractivity contribution < 1.29 is 22.4 Å². The summed E-state index contributed by atoms with van der Waals surface area (Å²) >= 11 is 0. The van der Waals surface area contributed by atoms with Crippen molar-refractivity contribution in [3.8, 4) is 0 Å². The second kappa shape index (κ2) is 6.45. The van der Waals surface area contributed by atoms with E-state index in [2.05, 4.69) is 9.97 Å². The molecule has 0 spiro atoms. The van der Waals surface area contributed by atoms with Gasteiger partial charge in [0, 0.05) is 32.3 Å². The molecule has 3 rings (SSSR count). The Balaban J connectivity index is 1.78. The molecule has 0 saturated carbocycles. The predicted octanol–water partition coefficient (Wildman–Crippen LogP) is 2.99. The average Bonchev–Trinajstić information content (AvgIpc) is 2.97. The van der Waals surface area contributed by atoms with Crippen molar-refractivity contribution in [2.75, 3.05) is 13.1 Å². The highest BCUT2D eigenvalue weighted by Crippen LogP contribution is 2.32. The van der Waals surface area contributed by atoms with Crippen molar-refractivity contribution in [1.29, 1.82) is 0 Å². The number of hydrogen-bond donors (Lipinski definition) is 0. The van der Waals surface area contributed by atoms with Crippen LogP contribution in [0.5, 0.6) is 0 Å². The quantitative estimate of drug-likeness (QED) is 0.778. The van der Waals surface area contributed by atoms with E-state index in [9.17, 15) is 22.4 Å². The summed E-state index contributed by atoms with van der Waals surface area (Å²) in [5.74, 6) is -0.896. The topological polar surface area (TPSA) is 51.0 Å². The van der Waals surface area contributed by atoms with Crippen LogP contribution in [-0.2, 0) is 13.2 Å². The molecule has 1 amide bonds. The van der Waals surface area contributed by atoms with Gasteiger partial charge in [0.2, 0.25) is 0 Å². The molecular formula is C16H16F4N4O. The predicted molar refractivity (Wildman–Crippen MR) is 80.3 cm³/mol. The molecule has 1 aliphatic rings. The highest BCUT2D eigenvalue weighted by atomic mass is 19.4. The molecule has 0 N–H and O–H groups in total. The van der Waals surface area contributed by atoms with E-state index in [1.807, 2.05) is 0 Å². The number of piperidine rings is 1. The highest BCUT2D eigenvalue weighted by Gasteiger charge is 2.36. The number of rotatable bonds is 2. The number of imidazole rings is 1. The lowest BCUT2D eigenvalue weighted by molar-refractivity contribution is -0.141. The van der Waals surface area contributed by atoms with Crippen LogP contribution >= 0.6 is 0 Å². The molecule has 1 unspecified atom stereocenters. The van der Waals surface area contributed by atoms with Gasteiger partial charge in [-0.1, -0.05) is 0 Å². The fourth-order valence-electron chi connectivity index (χ4n) is 3.03. The zero-order valence-electron chi connectivity index (χ0n) is 13.4. The molecule has 5 nitrogen and oxygen atoms in total. The summed E-state index contributed by atoms with van der Waals surface area (Å²) in [5.41, 5.74) is -0.827. The van der Waals surface area contributed by atoms with Gasteiger partial charge < -0.3 is 9.47 Å². The van der Waals surface area contributed by atoms with Gasteiger partial charge in [0.15, 0.2) is 5.69 Å². The molecular weight excluding hydrogens is 340 g/mol. The first-order valence-electron chi connectivity index (χ1n) is 7.77.